The number of rotatable bonds is 4. The summed E-state index contributed by atoms with van der Waals surface area (Å²) in [5, 5.41) is 14.0. The van der Waals surface area contributed by atoms with Gasteiger partial charge in [0.1, 0.15) is 0 Å². The van der Waals surface area contributed by atoms with Crippen molar-refractivity contribution in [3.05, 3.63) is 68.7 Å². The van der Waals surface area contributed by atoms with E-state index in [-0.39, 0.29) is 11.7 Å². The smallest absolute Gasteiger partial charge is 0.271 e. The number of anilines is 1. The first-order chi connectivity index (χ1) is 9.06. The molecule has 1 atom stereocenters. The van der Waals surface area contributed by atoms with Crippen molar-refractivity contribution >= 4 is 27.3 Å². The molecule has 5 heteroatoms. The van der Waals surface area contributed by atoms with Gasteiger partial charge in [-0.1, -0.05) is 34.1 Å². The predicted octanol–water partition coefficient (Wildman–Crippen LogP) is 4.53. The van der Waals surface area contributed by atoms with E-state index in [1.165, 1.54) is 12.1 Å². The van der Waals surface area contributed by atoms with Gasteiger partial charge in [-0.25, -0.2) is 0 Å². The van der Waals surface area contributed by atoms with Gasteiger partial charge in [-0.3, -0.25) is 10.1 Å². The molecule has 0 aromatic heterocycles. The monoisotopic (exact) mass is 320 g/mol. The minimum Gasteiger partial charge on any atom is -0.378 e. The van der Waals surface area contributed by atoms with E-state index < -0.39 is 4.92 Å². The third kappa shape index (κ3) is 3.54. The highest BCUT2D eigenvalue weighted by Crippen LogP contribution is 2.24. The first kappa shape index (κ1) is 13.5. The van der Waals surface area contributed by atoms with Gasteiger partial charge in [0.05, 0.1) is 4.92 Å². The van der Waals surface area contributed by atoms with Crippen molar-refractivity contribution in [1.29, 1.82) is 0 Å². The zero-order chi connectivity index (χ0) is 13.8. The summed E-state index contributed by atoms with van der Waals surface area (Å²) < 4.78 is 1.01. The highest BCUT2D eigenvalue weighted by Gasteiger charge is 2.09. The number of non-ortho nitro benzene ring substituents is 1. The van der Waals surface area contributed by atoms with E-state index in [1.54, 1.807) is 6.07 Å². The minimum atomic E-state index is -0.394. The zero-order valence-corrected chi connectivity index (χ0v) is 11.9. The molecule has 0 amide bonds. The van der Waals surface area contributed by atoms with Gasteiger partial charge >= 0.3 is 0 Å². The summed E-state index contributed by atoms with van der Waals surface area (Å²) in [6, 6.07) is 14.5. The van der Waals surface area contributed by atoms with E-state index in [2.05, 4.69) is 21.2 Å². The van der Waals surface area contributed by atoms with Crippen LogP contribution >= 0.6 is 15.9 Å². The molecule has 98 valence electrons. The summed E-state index contributed by atoms with van der Waals surface area (Å²) in [6.45, 7) is 2.01. The normalized spacial score (nSPS) is 11.9. The summed E-state index contributed by atoms with van der Waals surface area (Å²) in [7, 11) is 0. The van der Waals surface area contributed by atoms with Crippen LogP contribution in [0.2, 0.25) is 0 Å². The first-order valence-corrected chi connectivity index (χ1v) is 6.62. The molecule has 4 nitrogen and oxygen atoms in total. The molecular weight excluding hydrogens is 308 g/mol. The highest BCUT2D eigenvalue weighted by molar-refractivity contribution is 9.10. The van der Waals surface area contributed by atoms with Crippen LogP contribution in [0.4, 0.5) is 11.4 Å². The van der Waals surface area contributed by atoms with E-state index in [4.69, 9.17) is 0 Å². The Bertz CT molecular complexity index is 602. The van der Waals surface area contributed by atoms with Crippen molar-refractivity contribution in [3.63, 3.8) is 0 Å². The molecule has 2 aromatic rings. The number of nitro benzene ring substituents is 1. The standard InChI is InChI=1S/C14H13BrN2O2/c1-10(11-4-2-5-12(15)8-11)16-13-6-3-7-14(9-13)17(18)19/h2-10,16H,1H3. The Morgan fingerprint density at radius 1 is 1.21 bits per heavy atom. The van der Waals surface area contributed by atoms with Crippen LogP contribution in [-0.4, -0.2) is 4.92 Å². The Morgan fingerprint density at radius 2 is 1.95 bits per heavy atom. The Hall–Kier alpha value is -1.88. The quantitative estimate of drug-likeness (QED) is 0.665. The molecule has 0 bridgehead atoms. The number of halogens is 1. The maximum Gasteiger partial charge on any atom is 0.271 e. The van der Waals surface area contributed by atoms with Crippen LogP contribution in [0.1, 0.15) is 18.5 Å². The number of hydrogen-bond donors (Lipinski definition) is 1. The molecule has 0 saturated carbocycles. The molecule has 0 saturated heterocycles. The topological polar surface area (TPSA) is 55.2 Å². The van der Waals surface area contributed by atoms with Crippen LogP contribution in [-0.2, 0) is 0 Å². The van der Waals surface area contributed by atoms with Gasteiger partial charge in [-0.05, 0) is 30.7 Å². The maximum absolute atomic E-state index is 10.7. The number of nitrogens with one attached hydrogen (secondary N) is 1. The van der Waals surface area contributed by atoms with Crippen LogP contribution in [0.5, 0.6) is 0 Å². The molecule has 0 fully saturated rings. The molecule has 19 heavy (non-hydrogen) atoms. The van der Waals surface area contributed by atoms with E-state index in [0.29, 0.717) is 0 Å². The van der Waals surface area contributed by atoms with Crippen LogP contribution in [0.15, 0.2) is 53.0 Å². The van der Waals surface area contributed by atoms with Gasteiger partial charge in [0.2, 0.25) is 0 Å². The average Bonchev–Trinajstić information content (AvgIpc) is 2.39. The van der Waals surface area contributed by atoms with Crippen LogP contribution in [0.3, 0.4) is 0 Å². The second-order valence-electron chi connectivity index (χ2n) is 4.23. The van der Waals surface area contributed by atoms with Gasteiger partial charge in [-0.2, -0.15) is 0 Å². The maximum atomic E-state index is 10.7. The molecule has 2 aromatic carbocycles. The van der Waals surface area contributed by atoms with Gasteiger partial charge < -0.3 is 5.32 Å². The van der Waals surface area contributed by atoms with E-state index in [9.17, 15) is 10.1 Å². The highest BCUT2D eigenvalue weighted by atomic mass is 79.9. The molecular formula is C14H13BrN2O2. The van der Waals surface area contributed by atoms with Gasteiger partial charge in [0.15, 0.2) is 0 Å². The van der Waals surface area contributed by atoms with E-state index >= 15 is 0 Å². The number of hydrogen-bond acceptors (Lipinski definition) is 3. The SMILES string of the molecule is CC(Nc1cccc([N+](=O)[O-])c1)c1cccc(Br)c1. The zero-order valence-electron chi connectivity index (χ0n) is 10.3. The number of nitro groups is 1. The second-order valence-corrected chi connectivity index (χ2v) is 5.14. The Balaban J connectivity index is 2.17. The van der Waals surface area contributed by atoms with E-state index in [0.717, 1.165) is 15.7 Å². The third-order valence-corrected chi connectivity index (χ3v) is 3.28. The van der Waals surface area contributed by atoms with Crippen LogP contribution < -0.4 is 5.32 Å². The van der Waals surface area contributed by atoms with Crippen LogP contribution in [0.25, 0.3) is 0 Å². The Morgan fingerprint density at radius 3 is 2.63 bits per heavy atom. The Labute approximate surface area is 119 Å². The summed E-state index contributed by atoms with van der Waals surface area (Å²) in [5.74, 6) is 0. The van der Waals surface area contributed by atoms with E-state index in [1.807, 2.05) is 37.3 Å². The summed E-state index contributed by atoms with van der Waals surface area (Å²) in [5.41, 5.74) is 1.94. The fourth-order valence-corrected chi connectivity index (χ4v) is 2.24. The van der Waals surface area contributed by atoms with Gasteiger partial charge in [-0.15, -0.1) is 0 Å². The minimum absolute atomic E-state index is 0.0690. The molecule has 0 aliphatic carbocycles. The molecule has 1 unspecified atom stereocenters. The Kier molecular flexibility index (Phi) is 4.16. The molecule has 0 radical (unpaired) electrons. The van der Waals surface area contributed by atoms with Crippen molar-refractivity contribution in [3.8, 4) is 0 Å². The fraction of sp³-hybridized carbons (Fsp3) is 0.143. The van der Waals surface area contributed by atoms with Gasteiger partial charge in [0.25, 0.3) is 5.69 Å². The van der Waals surface area contributed by atoms with Crippen molar-refractivity contribution in [2.24, 2.45) is 0 Å². The first-order valence-electron chi connectivity index (χ1n) is 5.83. The van der Waals surface area contributed by atoms with Gasteiger partial charge in [0, 0.05) is 28.3 Å². The molecule has 0 aliphatic heterocycles. The molecule has 0 spiro atoms. The van der Waals surface area contributed by atoms with Crippen molar-refractivity contribution < 1.29 is 4.92 Å². The lowest BCUT2D eigenvalue weighted by molar-refractivity contribution is -0.384. The second kappa shape index (κ2) is 5.84. The van der Waals surface area contributed by atoms with Crippen LogP contribution in [0, 0.1) is 10.1 Å². The molecule has 2 rings (SSSR count). The summed E-state index contributed by atoms with van der Waals surface area (Å²) in [4.78, 5) is 10.3. The van der Waals surface area contributed by atoms with Crippen molar-refractivity contribution in [1.82, 2.24) is 0 Å². The number of benzene rings is 2. The van der Waals surface area contributed by atoms with Crippen molar-refractivity contribution in [2.45, 2.75) is 13.0 Å². The molecule has 0 aliphatic rings. The predicted molar refractivity (Wildman–Crippen MR) is 79.3 cm³/mol. The third-order valence-electron chi connectivity index (χ3n) is 2.79. The lowest BCUT2D eigenvalue weighted by Gasteiger charge is -2.15. The van der Waals surface area contributed by atoms with Crippen molar-refractivity contribution in [2.75, 3.05) is 5.32 Å². The molecule has 0 heterocycles. The fourth-order valence-electron chi connectivity index (χ4n) is 1.82. The average molecular weight is 321 g/mol. The lowest BCUT2D eigenvalue weighted by Crippen LogP contribution is -2.06. The summed E-state index contributed by atoms with van der Waals surface area (Å²) in [6.07, 6.45) is 0. The lowest BCUT2D eigenvalue weighted by atomic mass is 10.1. The number of nitrogens with zero attached hydrogens (tertiary/aromatic N) is 1. The summed E-state index contributed by atoms with van der Waals surface area (Å²) >= 11 is 3.43. The molecule has 1 N–H and O–H groups in total. The largest absolute Gasteiger partial charge is 0.378 e.